The quantitative estimate of drug-likeness (QED) is 0.300. The fraction of sp³-hybridized carbons (Fsp3) is 0. The maximum absolute atomic E-state index is 10.8. The van der Waals surface area contributed by atoms with Crippen LogP contribution in [0.3, 0.4) is 0 Å². The Balaban J connectivity index is 2.38. The lowest BCUT2D eigenvalue weighted by molar-refractivity contribution is -0.388. The van der Waals surface area contributed by atoms with Crippen molar-refractivity contribution in [3.8, 4) is 11.5 Å². The molecule has 0 saturated carbocycles. The highest BCUT2D eigenvalue weighted by Crippen LogP contribution is 2.27. The summed E-state index contributed by atoms with van der Waals surface area (Å²) < 4.78 is 0. The second-order valence-electron chi connectivity index (χ2n) is 3.62. The number of nitrogens with one attached hydrogen (secondary N) is 1. The van der Waals surface area contributed by atoms with Crippen molar-refractivity contribution in [2.75, 3.05) is 5.32 Å². The van der Waals surface area contributed by atoms with Crippen LogP contribution in [-0.4, -0.2) is 14.9 Å². The van der Waals surface area contributed by atoms with Crippen LogP contribution in [0.5, 0.6) is 0 Å². The predicted octanol–water partition coefficient (Wildman–Crippen LogP) is 2.57. The lowest BCUT2D eigenvalue weighted by Gasteiger charge is -2.06. The summed E-state index contributed by atoms with van der Waals surface area (Å²) >= 11 is 0.573. The van der Waals surface area contributed by atoms with Gasteiger partial charge in [-0.15, -0.1) is 0 Å². The predicted molar refractivity (Wildman–Crippen MR) is 74.6 cm³/mol. The second kappa shape index (κ2) is 6.32. The first kappa shape index (κ1) is 14.2. The first-order valence-electron chi connectivity index (χ1n) is 5.49. The van der Waals surface area contributed by atoms with Crippen molar-refractivity contribution in [3.05, 3.63) is 46.1 Å². The van der Waals surface area contributed by atoms with Crippen LogP contribution in [-0.2, 0) is 0 Å². The molecule has 0 radical (unpaired) electrons. The van der Waals surface area contributed by atoms with Crippen LogP contribution in [0.1, 0.15) is 5.56 Å². The number of aromatic nitrogens is 2. The van der Waals surface area contributed by atoms with Gasteiger partial charge in [-0.05, 0) is 12.1 Å². The van der Waals surface area contributed by atoms with Crippen molar-refractivity contribution in [2.24, 2.45) is 0 Å². The average molecular weight is 298 g/mol. The van der Waals surface area contributed by atoms with Crippen molar-refractivity contribution in [1.29, 1.82) is 10.5 Å². The first-order chi connectivity index (χ1) is 10.2. The highest BCUT2D eigenvalue weighted by atomic mass is 32.2. The van der Waals surface area contributed by atoms with Gasteiger partial charge in [0.25, 0.3) is 0 Å². The topological polar surface area (TPSA) is 129 Å². The van der Waals surface area contributed by atoms with E-state index in [1.807, 2.05) is 6.07 Å². The van der Waals surface area contributed by atoms with E-state index in [1.54, 1.807) is 29.7 Å². The molecule has 0 spiro atoms. The Kier molecular flexibility index (Phi) is 4.29. The Labute approximate surface area is 123 Å². The van der Waals surface area contributed by atoms with Gasteiger partial charge in [-0.25, -0.2) is 4.98 Å². The summed E-state index contributed by atoms with van der Waals surface area (Å²) in [5, 5.41) is 32.9. The number of hydrogen-bond acceptors (Lipinski definition) is 8. The van der Waals surface area contributed by atoms with Crippen molar-refractivity contribution in [3.63, 3.8) is 0 Å². The van der Waals surface area contributed by atoms with Gasteiger partial charge in [0, 0.05) is 11.8 Å². The van der Waals surface area contributed by atoms with Gasteiger partial charge in [-0.1, -0.05) is 12.1 Å². The smallest absolute Gasteiger partial charge is 0.320 e. The molecule has 1 heterocycles. The van der Waals surface area contributed by atoms with Crippen LogP contribution in [0.4, 0.5) is 17.3 Å². The third-order valence-corrected chi connectivity index (χ3v) is 2.95. The van der Waals surface area contributed by atoms with Crippen molar-refractivity contribution < 1.29 is 4.92 Å². The number of anilines is 2. The molecule has 21 heavy (non-hydrogen) atoms. The lowest BCUT2D eigenvalue weighted by atomic mass is 10.2. The van der Waals surface area contributed by atoms with Gasteiger partial charge in [0.2, 0.25) is 5.95 Å². The standard InChI is InChI=1S/C12H6N6O2S/c13-5-8-3-1-2-4-9(8)16-12-15-6-10(18(19)20)11(17-12)21-7-14/h1-4,6H,(H,15,16,17). The van der Waals surface area contributed by atoms with Crippen LogP contribution in [0.15, 0.2) is 35.5 Å². The molecule has 1 N–H and O–H groups in total. The minimum atomic E-state index is -0.660. The number of hydrogen-bond donors (Lipinski definition) is 1. The zero-order valence-corrected chi connectivity index (χ0v) is 11.2. The molecule has 0 aliphatic rings. The van der Waals surface area contributed by atoms with E-state index in [1.165, 1.54) is 0 Å². The SMILES string of the molecule is N#CSc1nc(Nc2ccccc2C#N)ncc1[N+](=O)[O-]. The number of thioether (sulfide) groups is 1. The van der Waals surface area contributed by atoms with E-state index in [-0.39, 0.29) is 16.7 Å². The van der Waals surface area contributed by atoms with E-state index in [0.717, 1.165) is 6.20 Å². The van der Waals surface area contributed by atoms with E-state index >= 15 is 0 Å². The number of rotatable bonds is 4. The van der Waals surface area contributed by atoms with E-state index in [4.69, 9.17) is 10.5 Å². The van der Waals surface area contributed by atoms with Gasteiger partial charge in [0.1, 0.15) is 17.7 Å². The molecule has 0 saturated heterocycles. The molecule has 0 aliphatic heterocycles. The molecular weight excluding hydrogens is 292 g/mol. The van der Waals surface area contributed by atoms with Crippen molar-refractivity contribution >= 4 is 29.1 Å². The monoisotopic (exact) mass is 298 g/mol. The minimum Gasteiger partial charge on any atom is -0.323 e. The van der Waals surface area contributed by atoms with E-state index in [2.05, 4.69) is 15.3 Å². The van der Waals surface area contributed by atoms with Crippen molar-refractivity contribution in [2.45, 2.75) is 5.03 Å². The number of nitrogens with zero attached hydrogens (tertiary/aromatic N) is 5. The average Bonchev–Trinajstić information content (AvgIpc) is 2.48. The number of benzene rings is 1. The summed E-state index contributed by atoms with van der Waals surface area (Å²) in [5.41, 5.74) is 0.511. The van der Waals surface area contributed by atoms with Crippen molar-refractivity contribution in [1.82, 2.24) is 9.97 Å². The third-order valence-electron chi connectivity index (χ3n) is 2.37. The van der Waals surface area contributed by atoms with E-state index in [0.29, 0.717) is 23.0 Å². The van der Waals surface area contributed by atoms with Crippen LogP contribution < -0.4 is 5.32 Å². The number of para-hydroxylation sites is 1. The summed E-state index contributed by atoms with van der Waals surface area (Å²) in [6.45, 7) is 0. The molecule has 102 valence electrons. The summed E-state index contributed by atoms with van der Waals surface area (Å²) in [4.78, 5) is 17.9. The highest BCUT2D eigenvalue weighted by molar-refractivity contribution is 8.03. The zero-order valence-electron chi connectivity index (χ0n) is 10.3. The molecule has 2 aromatic rings. The van der Waals surface area contributed by atoms with Crippen LogP contribution in [0.2, 0.25) is 0 Å². The summed E-state index contributed by atoms with van der Waals surface area (Å²) in [6, 6.07) is 8.69. The van der Waals surface area contributed by atoms with Gasteiger partial charge < -0.3 is 5.32 Å². The van der Waals surface area contributed by atoms with Gasteiger partial charge in [-0.2, -0.15) is 15.5 Å². The Morgan fingerprint density at radius 2 is 2.10 bits per heavy atom. The fourth-order valence-corrected chi connectivity index (χ4v) is 1.92. The zero-order chi connectivity index (χ0) is 15.2. The highest BCUT2D eigenvalue weighted by Gasteiger charge is 2.18. The lowest BCUT2D eigenvalue weighted by Crippen LogP contribution is -2.02. The molecule has 1 aromatic heterocycles. The molecule has 9 heteroatoms. The van der Waals surface area contributed by atoms with Gasteiger partial charge in [-0.3, -0.25) is 10.1 Å². The molecule has 0 unspecified atom stereocenters. The Morgan fingerprint density at radius 3 is 2.76 bits per heavy atom. The fourth-order valence-electron chi connectivity index (χ4n) is 1.47. The molecule has 2 rings (SSSR count). The van der Waals surface area contributed by atoms with Crippen LogP contribution >= 0.6 is 11.8 Å². The summed E-state index contributed by atoms with van der Waals surface area (Å²) in [5.74, 6) is 0.0704. The van der Waals surface area contributed by atoms with Gasteiger partial charge in [0.05, 0.1) is 16.2 Å². The Bertz CT molecular complexity index is 780. The maximum atomic E-state index is 10.8. The molecule has 0 aliphatic carbocycles. The number of nitriles is 2. The van der Waals surface area contributed by atoms with Gasteiger partial charge >= 0.3 is 5.69 Å². The Morgan fingerprint density at radius 1 is 1.33 bits per heavy atom. The second-order valence-corrected chi connectivity index (χ2v) is 4.39. The molecule has 0 atom stereocenters. The largest absolute Gasteiger partial charge is 0.323 e. The molecule has 0 amide bonds. The molecule has 8 nitrogen and oxygen atoms in total. The van der Waals surface area contributed by atoms with Crippen LogP contribution in [0, 0.1) is 32.1 Å². The first-order valence-corrected chi connectivity index (χ1v) is 6.31. The molecule has 0 bridgehead atoms. The maximum Gasteiger partial charge on any atom is 0.320 e. The summed E-state index contributed by atoms with van der Waals surface area (Å²) in [6.07, 6.45) is 1.02. The third kappa shape index (κ3) is 3.23. The molecular formula is C12H6N6O2S. The minimum absolute atomic E-state index is 0.0607. The normalized spacial score (nSPS) is 9.43. The van der Waals surface area contributed by atoms with E-state index in [9.17, 15) is 10.1 Å². The van der Waals surface area contributed by atoms with Gasteiger partial charge in [0.15, 0.2) is 5.03 Å². The van der Waals surface area contributed by atoms with Crippen LogP contribution in [0.25, 0.3) is 0 Å². The van der Waals surface area contributed by atoms with E-state index < -0.39 is 4.92 Å². The summed E-state index contributed by atoms with van der Waals surface area (Å²) in [7, 11) is 0. The molecule has 1 aromatic carbocycles. The number of nitro groups is 1. The Hall–Kier alpha value is -3.17. The molecule has 0 fully saturated rings. The number of thiocyanates is 1.